The standard InChI is InChI=1S/C10H21O5P/c1-4-7-13-10(11)9-16(12,14-6-3)15-8-5-2/h4-9H2,1-3H3. The topological polar surface area (TPSA) is 61.8 Å². The number of carbonyl (C=O) groups excluding carboxylic acids is 1. The molecule has 0 amide bonds. The maximum Gasteiger partial charge on any atom is 0.341 e. The second-order valence-electron chi connectivity index (χ2n) is 3.24. The Balaban J connectivity index is 4.19. The molecule has 0 aliphatic heterocycles. The highest BCUT2D eigenvalue weighted by atomic mass is 31.2. The van der Waals surface area contributed by atoms with Gasteiger partial charge in [-0.3, -0.25) is 9.36 Å². The van der Waals surface area contributed by atoms with Crippen LogP contribution in [0, 0.1) is 0 Å². The van der Waals surface area contributed by atoms with E-state index in [9.17, 15) is 9.36 Å². The van der Waals surface area contributed by atoms with E-state index in [0.717, 1.165) is 12.8 Å². The summed E-state index contributed by atoms with van der Waals surface area (Å²) < 4.78 is 27.0. The maximum atomic E-state index is 12.0. The van der Waals surface area contributed by atoms with E-state index < -0.39 is 13.6 Å². The summed E-state index contributed by atoms with van der Waals surface area (Å²) in [7, 11) is -3.31. The van der Waals surface area contributed by atoms with Crippen LogP contribution < -0.4 is 0 Å². The van der Waals surface area contributed by atoms with Crippen molar-refractivity contribution in [3.05, 3.63) is 0 Å². The summed E-state index contributed by atoms with van der Waals surface area (Å²) in [5, 5.41) is 0. The molecule has 5 nitrogen and oxygen atoms in total. The SMILES string of the molecule is CCCOC(=O)CP(=O)(OCC)OCCC. The minimum Gasteiger partial charge on any atom is -0.465 e. The zero-order valence-electron chi connectivity index (χ0n) is 10.2. The lowest BCUT2D eigenvalue weighted by Crippen LogP contribution is -2.13. The van der Waals surface area contributed by atoms with E-state index in [4.69, 9.17) is 13.8 Å². The summed E-state index contributed by atoms with van der Waals surface area (Å²) in [6.45, 7) is 6.40. The highest BCUT2D eigenvalue weighted by Gasteiger charge is 2.28. The van der Waals surface area contributed by atoms with Crippen LogP contribution in [0.25, 0.3) is 0 Å². The molecule has 0 bridgehead atoms. The Labute approximate surface area is 97.0 Å². The van der Waals surface area contributed by atoms with Crippen LogP contribution in [0.4, 0.5) is 0 Å². The number of ether oxygens (including phenoxy) is 1. The summed E-state index contributed by atoms with van der Waals surface area (Å²) in [5.41, 5.74) is 0. The van der Waals surface area contributed by atoms with E-state index in [1.807, 2.05) is 13.8 Å². The molecule has 0 saturated carbocycles. The summed E-state index contributed by atoms with van der Waals surface area (Å²) in [6.07, 6.45) is 1.16. The molecule has 0 rings (SSSR count). The Bertz CT molecular complexity index is 241. The summed E-state index contributed by atoms with van der Waals surface area (Å²) >= 11 is 0. The van der Waals surface area contributed by atoms with Gasteiger partial charge in [0.1, 0.15) is 6.16 Å². The van der Waals surface area contributed by atoms with Gasteiger partial charge in [-0.2, -0.15) is 0 Å². The summed E-state index contributed by atoms with van der Waals surface area (Å²) in [6, 6.07) is 0. The van der Waals surface area contributed by atoms with E-state index in [1.54, 1.807) is 6.92 Å². The monoisotopic (exact) mass is 252 g/mol. The molecule has 0 aliphatic carbocycles. The van der Waals surface area contributed by atoms with E-state index in [1.165, 1.54) is 0 Å². The molecule has 0 radical (unpaired) electrons. The van der Waals surface area contributed by atoms with Crippen molar-refractivity contribution in [3.8, 4) is 0 Å². The van der Waals surface area contributed by atoms with Crippen LogP contribution >= 0.6 is 7.60 Å². The number of rotatable bonds is 9. The fourth-order valence-electron chi connectivity index (χ4n) is 0.975. The summed E-state index contributed by atoms with van der Waals surface area (Å²) in [4.78, 5) is 11.3. The molecular formula is C10H21O5P. The predicted octanol–water partition coefficient (Wildman–Crippen LogP) is 2.60. The first-order chi connectivity index (χ1) is 7.58. The number of carbonyl (C=O) groups is 1. The van der Waals surface area contributed by atoms with Gasteiger partial charge in [0.25, 0.3) is 0 Å². The molecule has 0 aromatic carbocycles. The minimum absolute atomic E-state index is 0.252. The van der Waals surface area contributed by atoms with Crippen molar-refractivity contribution in [1.29, 1.82) is 0 Å². The average molecular weight is 252 g/mol. The highest BCUT2D eigenvalue weighted by molar-refractivity contribution is 7.54. The zero-order valence-corrected chi connectivity index (χ0v) is 11.1. The third-order valence-electron chi connectivity index (χ3n) is 1.61. The second-order valence-corrected chi connectivity index (χ2v) is 5.29. The van der Waals surface area contributed by atoms with Gasteiger partial charge in [-0.05, 0) is 19.8 Å². The molecule has 0 saturated heterocycles. The quantitative estimate of drug-likeness (QED) is 0.466. The molecule has 0 fully saturated rings. The van der Waals surface area contributed by atoms with Gasteiger partial charge in [0, 0.05) is 0 Å². The van der Waals surface area contributed by atoms with Crippen molar-refractivity contribution in [2.24, 2.45) is 0 Å². The molecule has 0 N–H and O–H groups in total. The van der Waals surface area contributed by atoms with E-state index in [-0.39, 0.29) is 12.8 Å². The van der Waals surface area contributed by atoms with Gasteiger partial charge in [0.05, 0.1) is 19.8 Å². The second kappa shape index (κ2) is 8.74. The molecule has 0 heterocycles. The van der Waals surface area contributed by atoms with Crippen molar-refractivity contribution in [2.75, 3.05) is 26.0 Å². The lowest BCUT2D eigenvalue weighted by molar-refractivity contribution is -0.140. The molecule has 1 unspecified atom stereocenters. The fraction of sp³-hybridized carbons (Fsp3) is 0.900. The molecule has 0 aromatic heterocycles. The highest BCUT2D eigenvalue weighted by Crippen LogP contribution is 2.48. The lowest BCUT2D eigenvalue weighted by atomic mass is 10.5. The Kier molecular flexibility index (Phi) is 8.53. The van der Waals surface area contributed by atoms with Gasteiger partial charge in [0.2, 0.25) is 0 Å². The normalized spacial score (nSPS) is 14.4. The molecule has 0 spiro atoms. The number of esters is 1. The Hall–Kier alpha value is -0.380. The van der Waals surface area contributed by atoms with Gasteiger partial charge in [-0.1, -0.05) is 13.8 Å². The number of hydrogen-bond acceptors (Lipinski definition) is 5. The van der Waals surface area contributed by atoms with Crippen LogP contribution in [0.1, 0.15) is 33.6 Å². The van der Waals surface area contributed by atoms with Gasteiger partial charge in [0.15, 0.2) is 0 Å². The third-order valence-corrected chi connectivity index (χ3v) is 3.48. The van der Waals surface area contributed by atoms with Crippen LogP contribution in [0.5, 0.6) is 0 Å². The first kappa shape index (κ1) is 15.6. The maximum absolute atomic E-state index is 12.0. The van der Waals surface area contributed by atoms with Gasteiger partial charge < -0.3 is 13.8 Å². The first-order valence-corrected chi connectivity index (χ1v) is 7.34. The Morgan fingerprint density at radius 3 is 2.19 bits per heavy atom. The fourth-order valence-corrected chi connectivity index (χ4v) is 2.49. The van der Waals surface area contributed by atoms with Crippen LogP contribution in [0.2, 0.25) is 0 Å². The molecule has 96 valence electrons. The van der Waals surface area contributed by atoms with E-state index in [2.05, 4.69) is 0 Å². The zero-order chi connectivity index (χ0) is 12.4. The predicted molar refractivity (Wildman–Crippen MR) is 61.6 cm³/mol. The number of hydrogen-bond donors (Lipinski definition) is 0. The van der Waals surface area contributed by atoms with Crippen LogP contribution in [0.15, 0.2) is 0 Å². The average Bonchev–Trinajstić information content (AvgIpc) is 2.24. The molecular weight excluding hydrogens is 231 g/mol. The molecule has 1 atom stereocenters. The van der Waals surface area contributed by atoms with Gasteiger partial charge in [-0.25, -0.2) is 0 Å². The molecule has 0 aliphatic rings. The van der Waals surface area contributed by atoms with Gasteiger partial charge >= 0.3 is 13.6 Å². The smallest absolute Gasteiger partial charge is 0.341 e. The molecule has 0 aromatic rings. The van der Waals surface area contributed by atoms with Crippen molar-refractivity contribution >= 4 is 13.6 Å². The van der Waals surface area contributed by atoms with Crippen molar-refractivity contribution in [2.45, 2.75) is 33.6 Å². The molecule has 16 heavy (non-hydrogen) atoms. The Morgan fingerprint density at radius 1 is 1.06 bits per heavy atom. The van der Waals surface area contributed by atoms with Crippen LogP contribution in [0.3, 0.4) is 0 Å². The molecule has 6 heteroatoms. The lowest BCUT2D eigenvalue weighted by Gasteiger charge is -2.16. The van der Waals surface area contributed by atoms with Gasteiger partial charge in [-0.15, -0.1) is 0 Å². The van der Waals surface area contributed by atoms with Crippen LogP contribution in [-0.2, 0) is 23.1 Å². The van der Waals surface area contributed by atoms with Crippen molar-refractivity contribution in [1.82, 2.24) is 0 Å². The van der Waals surface area contributed by atoms with Crippen molar-refractivity contribution < 1.29 is 23.1 Å². The van der Waals surface area contributed by atoms with Crippen molar-refractivity contribution in [3.63, 3.8) is 0 Å². The minimum atomic E-state index is -3.31. The first-order valence-electron chi connectivity index (χ1n) is 5.61. The Morgan fingerprint density at radius 2 is 1.69 bits per heavy atom. The van der Waals surface area contributed by atoms with E-state index in [0.29, 0.717) is 13.2 Å². The van der Waals surface area contributed by atoms with E-state index >= 15 is 0 Å². The third kappa shape index (κ3) is 6.99. The van der Waals surface area contributed by atoms with Crippen LogP contribution in [-0.4, -0.2) is 32.0 Å². The largest absolute Gasteiger partial charge is 0.465 e. The summed E-state index contributed by atoms with van der Waals surface area (Å²) in [5.74, 6) is -0.533.